The highest BCUT2D eigenvalue weighted by atomic mass is 32.2. The fourth-order valence-electron chi connectivity index (χ4n) is 6.19. The second-order valence-corrected chi connectivity index (χ2v) is 16.1. The Morgan fingerprint density at radius 2 is 1.80 bits per heavy atom. The first kappa shape index (κ1) is 40.5. The highest BCUT2D eigenvalue weighted by molar-refractivity contribution is 7.89. The SMILES string of the molecule is CCOC[C@H](C[C@H](C(C)C)N(C)C(=O)[C@@H](NC(=O)[C@H]1CCCCN1C)[C@@H](C)CC)c1nc(C(=O)NS(=O)(=O)Cc2ccc(CN)cc2)cs1. The number of aromatic nitrogens is 1. The van der Waals surface area contributed by atoms with Crippen LogP contribution in [0.3, 0.4) is 0 Å². The molecule has 4 N–H and O–H groups in total. The first-order chi connectivity index (χ1) is 23.2. The Morgan fingerprint density at radius 3 is 2.39 bits per heavy atom. The summed E-state index contributed by atoms with van der Waals surface area (Å²) in [7, 11) is -0.239. The number of carbonyl (C=O) groups excluding carboxylic acids is 3. The number of benzene rings is 1. The number of piperidine rings is 1. The maximum Gasteiger partial charge on any atom is 0.284 e. The number of likely N-dealkylation sites (tertiary alicyclic amines) is 1. The van der Waals surface area contributed by atoms with E-state index in [4.69, 9.17) is 10.5 Å². The highest BCUT2D eigenvalue weighted by Gasteiger charge is 2.37. The Labute approximate surface area is 296 Å². The number of nitrogens with zero attached hydrogens (tertiary/aromatic N) is 3. The number of carbonyl (C=O) groups is 3. The van der Waals surface area contributed by atoms with Crippen LogP contribution in [0.15, 0.2) is 29.6 Å². The molecular formula is C35H56N6O6S2. The van der Waals surface area contributed by atoms with E-state index in [9.17, 15) is 22.8 Å². The van der Waals surface area contributed by atoms with Crippen molar-refractivity contribution in [1.82, 2.24) is 24.8 Å². The monoisotopic (exact) mass is 720 g/mol. The number of likely N-dealkylation sites (N-methyl/N-ethyl adjacent to an activating group) is 2. The molecule has 3 amide bonds. The summed E-state index contributed by atoms with van der Waals surface area (Å²) < 4.78 is 33.6. The van der Waals surface area contributed by atoms with E-state index in [2.05, 4.69) is 33.8 Å². The van der Waals surface area contributed by atoms with Crippen molar-refractivity contribution in [3.8, 4) is 0 Å². The molecule has 49 heavy (non-hydrogen) atoms. The van der Waals surface area contributed by atoms with E-state index in [-0.39, 0.29) is 53.1 Å². The van der Waals surface area contributed by atoms with Gasteiger partial charge in [0.05, 0.1) is 23.4 Å². The molecular weight excluding hydrogens is 665 g/mol. The lowest BCUT2D eigenvalue weighted by atomic mass is 9.90. The number of rotatable bonds is 18. The van der Waals surface area contributed by atoms with Crippen LogP contribution in [0, 0.1) is 11.8 Å². The minimum Gasteiger partial charge on any atom is -0.381 e. The third kappa shape index (κ3) is 11.6. The number of thiazole rings is 1. The summed E-state index contributed by atoms with van der Waals surface area (Å²) in [5.74, 6) is -1.69. The molecule has 0 saturated carbocycles. The molecule has 5 atom stereocenters. The summed E-state index contributed by atoms with van der Waals surface area (Å²) in [4.78, 5) is 48.9. The number of hydrogen-bond acceptors (Lipinski definition) is 10. The Bertz CT molecular complexity index is 1480. The summed E-state index contributed by atoms with van der Waals surface area (Å²) in [5.41, 5.74) is 7.03. The van der Waals surface area contributed by atoms with E-state index in [0.29, 0.717) is 36.8 Å². The Morgan fingerprint density at radius 1 is 1.12 bits per heavy atom. The van der Waals surface area contributed by atoms with Gasteiger partial charge in [0.1, 0.15) is 11.7 Å². The van der Waals surface area contributed by atoms with E-state index in [0.717, 1.165) is 37.8 Å². The van der Waals surface area contributed by atoms with Crippen LogP contribution in [-0.2, 0) is 36.6 Å². The first-order valence-electron chi connectivity index (χ1n) is 17.3. The smallest absolute Gasteiger partial charge is 0.284 e. The van der Waals surface area contributed by atoms with Crippen molar-refractivity contribution in [2.24, 2.45) is 17.6 Å². The number of nitrogens with one attached hydrogen (secondary N) is 2. The summed E-state index contributed by atoms with van der Waals surface area (Å²) >= 11 is 1.26. The summed E-state index contributed by atoms with van der Waals surface area (Å²) in [6, 6.07) is 5.71. The van der Waals surface area contributed by atoms with Crippen LogP contribution in [0.5, 0.6) is 0 Å². The van der Waals surface area contributed by atoms with E-state index in [1.54, 1.807) is 41.6 Å². The predicted octanol–water partition coefficient (Wildman–Crippen LogP) is 3.87. The van der Waals surface area contributed by atoms with E-state index < -0.39 is 22.0 Å². The average molecular weight is 721 g/mol. The Hall–Kier alpha value is -2.91. The van der Waals surface area contributed by atoms with Crippen LogP contribution in [0.25, 0.3) is 0 Å². The molecule has 0 bridgehead atoms. The van der Waals surface area contributed by atoms with Gasteiger partial charge in [0.2, 0.25) is 21.8 Å². The minimum atomic E-state index is -3.98. The predicted molar refractivity (Wildman–Crippen MR) is 193 cm³/mol. The van der Waals surface area contributed by atoms with Crippen molar-refractivity contribution in [2.75, 3.05) is 33.9 Å². The van der Waals surface area contributed by atoms with Crippen LogP contribution >= 0.6 is 11.3 Å². The summed E-state index contributed by atoms with van der Waals surface area (Å²) in [5, 5.41) is 5.28. The second-order valence-electron chi connectivity index (χ2n) is 13.5. The number of nitrogens with two attached hydrogens (primary N) is 1. The molecule has 12 nitrogen and oxygen atoms in total. The van der Waals surface area contributed by atoms with Crippen LogP contribution < -0.4 is 15.8 Å². The summed E-state index contributed by atoms with van der Waals surface area (Å²) in [6.45, 7) is 12.0. The molecule has 2 aromatic rings. The zero-order valence-electron chi connectivity index (χ0n) is 30.1. The number of sulfonamides is 1. The molecule has 1 saturated heterocycles. The number of hydrogen-bond donors (Lipinski definition) is 3. The Balaban J connectivity index is 1.77. The topological polar surface area (TPSA) is 164 Å². The van der Waals surface area contributed by atoms with Gasteiger partial charge in [0.15, 0.2) is 0 Å². The molecule has 0 radical (unpaired) electrons. The van der Waals surface area contributed by atoms with Crippen molar-refractivity contribution in [2.45, 2.75) is 103 Å². The molecule has 1 aliphatic rings. The van der Waals surface area contributed by atoms with Crippen LogP contribution in [0.2, 0.25) is 0 Å². The van der Waals surface area contributed by atoms with Gasteiger partial charge >= 0.3 is 0 Å². The van der Waals surface area contributed by atoms with Gasteiger partial charge < -0.3 is 20.7 Å². The van der Waals surface area contributed by atoms with Crippen molar-refractivity contribution < 1.29 is 27.5 Å². The lowest BCUT2D eigenvalue weighted by molar-refractivity contribution is -0.141. The standard InChI is InChI=1S/C35H56N6O6S2/c1-8-24(5)31(38-33(43)29-12-10-11-17-40(29)6)35(44)41(7)30(23(3)4)18-27(20-47-9-2)34-37-28(21-48-34)32(42)39-49(45,46)22-26-15-13-25(19-36)14-16-26/h13-16,21,23-24,27,29-31H,8-12,17-20,22,36H2,1-7H3,(H,38,43)(H,39,42)/t24-,27-,29+,30+,31-/m0/s1. The number of amides is 3. The third-order valence-electron chi connectivity index (χ3n) is 9.48. The van der Waals surface area contributed by atoms with Crippen molar-refractivity contribution in [1.29, 1.82) is 0 Å². The van der Waals surface area contributed by atoms with Crippen LogP contribution in [-0.4, -0.2) is 92.9 Å². The highest BCUT2D eigenvalue weighted by Crippen LogP contribution is 2.30. The van der Waals surface area contributed by atoms with E-state index in [1.807, 2.05) is 27.8 Å². The maximum atomic E-state index is 14.1. The maximum absolute atomic E-state index is 14.1. The molecule has 14 heteroatoms. The van der Waals surface area contributed by atoms with Crippen molar-refractivity contribution in [3.05, 3.63) is 51.5 Å². The zero-order valence-corrected chi connectivity index (χ0v) is 31.7. The molecule has 0 spiro atoms. The van der Waals surface area contributed by atoms with Gasteiger partial charge in [-0.25, -0.2) is 18.1 Å². The lowest BCUT2D eigenvalue weighted by Crippen LogP contribution is -2.58. The van der Waals surface area contributed by atoms with E-state index >= 15 is 0 Å². The van der Waals surface area contributed by atoms with Gasteiger partial charge in [-0.2, -0.15) is 0 Å². The van der Waals surface area contributed by atoms with Gasteiger partial charge in [0, 0.05) is 37.5 Å². The molecule has 1 aliphatic heterocycles. The third-order valence-corrected chi connectivity index (χ3v) is 11.7. The quantitative estimate of drug-likeness (QED) is 0.208. The molecule has 1 aromatic carbocycles. The van der Waals surface area contributed by atoms with Gasteiger partial charge in [-0.3, -0.25) is 19.3 Å². The molecule has 0 unspecified atom stereocenters. The molecule has 0 aliphatic carbocycles. The largest absolute Gasteiger partial charge is 0.381 e. The minimum absolute atomic E-state index is 0.00121. The van der Waals surface area contributed by atoms with Crippen LogP contribution in [0.4, 0.5) is 0 Å². The average Bonchev–Trinajstić information content (AvgIpc) is 3.57. The zero-order chi connectivity index (χ0) is 36.3. The number of ether oxygens (including phenoxy) is 1. The van der Waals surface area contributed by atoms with Gasteiger partial charge in [-0.1, -0.05) is 64.8 Å². The first-order valence-corrected chi connectivity index (χ1v) is 19.9. The molecule has 1 fully saturated rings. The van der Waals surface area contributed by atoms with Gasteiger partial charge in [-0.15, -0.1) is 11.3 Å². The van der Waals surface area contributed by atoms with Gasteiger partial charge in [0.25, 0.3) is 5.91 Å². The lowest BCUT2D eigenvalue weighted by Gasteiger charge is -2.38. The second kappa shape index (κ2) is 18.9. The van der Waals surface area contributed by atoms with Crippen LogP contribution in [0.1, 0.15) is 99.3 Å². The Kier molecular flexibility index (Phi) is 15.6. The van der Waals surface area contributed by atoms with E-state index in [1.165, 1.54) is 11.3 Å². The summed E-state index contributed by atoms with van der Waals surface area (Å²) in [6.07, 6.45) is 4.05. The molecule has 2 heterocycles. The fraction of sp³-hybridized carbons (Fsp3) is 0.657. The molecule has 1 aromatic heterocycles. The van der Waals surface area contributed by atoms with Crippen molar-refractivity contribution in [3.63, 3.8) is 0 Å². The van der Waals surface area contributed by atoms with Gasteiger partial charge in [-0.05, 0) is 62.7 Å². The van der Waals surface area contributed by atoms with Crippen molar-refractivity contribution >= 4 is 39.1 Å². The fourth-order valence-corrected chi connectivity index (χ4v) is 8.18. The molecule has 274 valence electrons. The molecule has 3 rings (SSSR count). The normalized spacial score (nSPS) is 18.0.